The third-order valence-electron chi connectivity index (χ3n) is 4.29. The molecular weight excluding hydrogens is 389 g/mol. The molecule has 3 aromatic rings. The largest absolute Gasteiger partial charge is 0.478 e. The number of aromatic nitrogens is 1. The van der Waals surface area contributed by atoms with Crippen LogP contribution in [-0.4, -0.2) is 20.7 Å². The van der Waals surface area contributed by atoms with Gasteiger partial charge in [0.2, 0.25) is 0 Å². The Labute approximate surface area is 164 Å². The molecule has 2 aromatic carbocycles. The number of hydrogen-bond acceptors (Lipinski definition) is 4. The van der Waals surface area contributed by atoms with E-state index >= 15 is 0 Å². The van der Waals surface area contributed by atoms with Crippen LogP contribution in [0, 0.1) is 22.7 Å². The molecule has 3 rings (SSSR count). The predicted molar refractivity (Wildman–Crippen MR) is 99.8 cm³/mol. The fourth-order valence-corrected chi connectivity index (χ4v) is 3.71. The number of nitrogens with zero attached hydrogens (tertiary/aromatic N) is 3. The Morgan fingerprint density at radius 2 is 1.93 bits per heavy atom. The number of carboxylic acid groups (broad SMARTS) is 1. The molecule has 6 nitrogen and oxygen atoms in total. The fraction of sp³-hybridized carbons (Fsp3) is 0.105. The number of halogens is 2. The number of aromatic carboxylic acids is 1. The van der Waals surface area contributed by atoms with E-state index in [1.165, 1.54) is 18.2 Å². The maximum absolute atomic E-state index is 11.3. The molecule has 1 unspecified atom stereocenters. The molecule has 27 heavy (non-hydrogen) atoms. The molecule has 0 fully saturated rings. The number of aliphatic hydroxyl groups excluding tert-OH is 1. The fourth-order valence-electron chi connectivity index (χ4n) is 3.05. The van der Waals surface area contributed by atoms with Gasteiger partial charge < -0.3 is 14.8 Å². The SMILES string of the molecule is Cn1cc(C(O)c2c(Cl)ccc(C(=O)O)c2Cl)c2c(C#N)cc(C#N)cc21. The highest BCUT2D eigenvalue weighted by molar-refractivity contribution is 6.38. The Bertz CT molecular complexity index is 1190. The van der Waals surface area contributed by atoms with Crippen LogP contribution in [0.3, 0.4) is 0 Å². The summed E-state index contributed by atoms with van der Waals surface area (Å²) in [6, 6.07) is 9.65. The van der Waals surface area contributed by atoms with Crippen molar-refractivity contribution in [3.05, 3.63) is 68.3 Å². The van der Waals surface area contributed by atoms with Crippen molar-refractivity contribution < 1.29 is 15.0 Å². The summed E-state index contributed by atoms with van der Waals surface area (Å²) in [4.78, 5) is 11.3. The quantitative estimate of drug-likeness (QED) is 0.690. The third-order valence-corrected chi connectivity index (χ3v) is 5.03. The van der Waals surface area contributed by atoms with Crippen molar-refractivity contribution in [2.75, 3.05) is 0 Å². The molecule has 0 spiro atoms. The molecule has 2 N–H and O–H groups in total. The first-order valence-corrected chi connectivity index (χ1v) is 8.38. The van der Waals surface area contributed by atoms with E-state index in [1.807, 2.05) is 12.1 Å². The van der Waals surface area contributed by atoms with E-state index in [4.69, 9.17) is 28.5 Å². The zero-order valence-electron chi connectivity index (χ0n) is 13.9. The van der Waals surface area contributed by atoms with Gasteiger partial charge in [0, 0.05) is 34.8 Å². The summed E-state index contributed by atoms with van der Waals surface area (Å²) in [7, 11) is 1.71. The molecule has 0 radical (unpaired) electrons. The first kappa shape index (κ1) is 18.8. The van der Waals surface area contributed by atoms with Crippen LogP contribution in [0.15, 0.2) is 30.5 Å². The number of aliphatic hydroxyl groups is 1. The van der Waals surface area contributed by atoms with Crippen molar-refractivity contribution in [2.24, 2.45) is 7.05 Å². The molecular formula is C19H11Cl2N3O3. The third kappa shape index (κ3) is 3.01. The van der Waals surface area contributed by atoms with Crippen LogP contribution in [0.5, 0.6) is 0 Å². The van der Waals surface area contributed by atoms with Gasteiger partial charge in [-0.15, -0.1) is 0 Å². The summed E-state index contributed by atoms with van der Waals surface area (Å²) < 4.78 is 1.67. The van der Waals surface area contributed by atoms with Gasteiger partial charge in [-0.2, -0.15) is 10.5 Å². The van der Waals surface area contributed by atoms with Crippen molar-refractivity contribution in [3.8, 4) is 12.1 Å². The lowest BCUT2D eigenvalue weighted by Gasteiger charge is -2.16. The van der Waals surface area contributed by atoms with Crippen molar-refractivity contribution in [2.45, 2.75) is 6.10 Å². The second kappa shape index (κ2) is 6.94. The van der Waals surface area contributed by atoms with Crippen molar-refractivity contribution in [3.63, 3.8) is 0 Å². The lowest BCUT2D eigenvalue weighted by Crippen LogP contribution is -2.06. The Hall–Kier alpha value is -3.03. The minimum atomic E-state index is -1.37. The molecule has 0 aliphatic rings. The Kier molecular flexibility index (Phi) is 4.82. The normalized spacial score (nSPS) is 11.8. The topological polar surface area (TPSA) is 110 Å². The molecule has 0 saturated heterocycles. The van der Waals surface area contributed by atoms with Crippen LogP contribution >= 0.6 is 23.2 Å². The Morgan fingerprint density at radius 3 is 2.52 bits per heavy atom. The van der Waals surface area contributed by atoms with Crippen molar-refractivity contribution in [1.82, 2.24) is 4.57 Å². The maximum atomic E-state index is 11.3. The van der Waals surface area contributed by atoms with Crippen LogP contribution in [0.4, 0.5) is 0 Å². The van der Waals surface area contributed by atoms with E-state index < -0.39 is 12.1 Å². The maximum Gasteiger partial charge on any atom is 0.337 e. The van der Waals surface area contributed by atoms with E-state index in [1.54, 1.807) is 23.9 Å². The van der Waals surface area contributed by atoms with Crippen LogP contribution < -0.4 is 0 Å². The summed E-state index contributed by atoms with van der Waals surface area (Å²) in [6.07, 6.45) is 0.227. The smallest absolute Gasteiger partial charge is 0.337 e. The van der Waals surface area contributed by atoms with E-state index in [0.29, 0.717) is 22.0 Å². The molecule has 134 valence electrons. The first-order chi connectivity index (χ1) is 12.8. The molecule has 1 atom stereocenters. The lowest BCUT2D eigenvalue weighted by atomic mass is 9.96. The van der Waals surface area contributed by atoms with Gasteiger partial charge in [0.05, 0.1) is 39.4 Å². The Morgan fingerprint density at radius 1 is 1.22 bits per heavy atom. The van der Waals surface area contributed by atoms with Gasteiger partial charge in [0.15, 0.2) is 0 Å². The summed E-state index contributed by atoms with van der Waals surface area (Å²) >= 11 is 12.4. The summed E-state index contributed by atoms with van der Waals surface area (Å²) in [6.45, 7) is 0. The highest BCUT2D eigenvalue weighted by atomic mass is 35.5. The van der Waals surface area contributed by atoms with Crippen LogP contribution in [0.1, 0.15) is 38.7 Å². The molecule has 0 aliphatic carbocycles. The molecule has 1 heterocycles. The number of hydrogen-bond donors (Lipinski definition) is 2. The molecule has 0 amide bonds. The number of benzene rings is 2. The molecule has 0 aliphatic heterocycles. The van der Waals surface area contributed by atoms with Crippen LogP contribution in [-0.2, 0) is 7.05 Å². The molecule has 1 aromatic heterocycles. The van der Waals surface area contributed by atoms with Crippen molar-refractivity contribution in [1.29, 1.82) is 10.5 Å². The molecule has 0 saturated carbocycles. The average Bonchev–Trinajstić information content (AvgIpc) is 2.97. The number of carboxylic acids is 1. The summed E-state index contributed by atoms with van der Waals surface area (Å²) in [5, 5.41) is 39.2. The van der Waals surface area contributed by atoms with E-state index in [0.717, 1.165) is 0 Å². The predicted octanol–water partition coefficient (Wildman–Crippen LogP) is 4.01. The van der Waals surface area contributed by atoms with Crippen molar-refractivity contribution >= 4 is 40.1 Å². The first-order valence-electron chi connectivity index (χ1n) is 7.62. The lowest BCUT2D eigenvalue weighted by molar-refractivity contribution is 0.0697. The van der Waals surface area contributed by atoms with Gasteiger partial charge >= 0.3 is 5.97 Å². The number of fused-ring (bicyclic) bond motifs is 1. The monoisotopic (exact) mass is 399 g/mol. The minimum Gasteiger partial charge on any atom is -0.478 e. The van der Waals surface area contributed by atoms with Gasteiger partial charge in [-0.05, 0) is 24.3 Å². The number of rotatable bonds is 3. The second-order valence-electron chi connectivity index (χ2n) is 5.87. The van der Waals surface area contributed by atoms with Crippen LogP contribution in [0.2, 0.25) is 10.0 Å². The summed E-state index contributed by atoms with van der Waals surface area (Å²) in [5.74, 6) is -1.25. The molecule has 8 heteroatoms. The number of nitriles is 2. The van der Waals surface area contributed by atoms with Crippen LogP contribution in [0.25, 0.3) is 10.9 Å². The summed E-state index contributed by atoms with van der Waals surface area (Å²) in [5.41, 5.74) is 1.27. The van der Waals surface area contributed by atoms with Gasteiger partial charge in [-0.3, -0.25) is 0 Å². The average molecular weight is 400 g/mol. The Balaban J connectivity index is 2.32. The number of carbonyl (C=O) groups is 1. The molecule has 0 bridgehead atoms. The highest BCUT2D eigenvalue weighted by Crippen LogP contribution is 2.40. The van der Waals surface area contributed by atoms with E-state index in [9.17, 15) is 20.3 Å². The zero-order valence-corrected chi connectivity index (χ0v) is 15.4. The van der Waals surface area contributed by atoms with Gasteiger partial charge in [-0.25, -0.2) is 4.79 Å². The van der Waals surface area contributed by atoms with Gasteiger partial charge in [-0.1, -0.05) is 23.2 Å². The standard InChI is InChI=1S/C19H11Cl2N3O3/c1-24-8-12(15-10(7-23)4-9(6-22)5-14(15)24)18(25)16-13(20)3-2-11(17(16)21)19(26)27/h2-5,8,18,25H,1H3,(H,26,27). The van der Waals surface area contributed by atoms with Gasteiger partial charge in [0.25, 0.3) is 0 Å². The second-order valence-corrected chi connectivity index (χ2v) is 6.65. The van der Waals surface area contributed by atoms with E-state index in [-0.39, 0.29) is 26.7 Å². The zero-order chi connectivity index (χ0) is 19.9. The number of aryl methyl sites for hydroxylation is 1. The minimum absolute atomic E-state index is 0.0407. The highest BCUT2D eigenvalue weighted by Gasteiger charge is 2.26. The van der Waals surface area contributed by atoms with E-state index in [2.05, 4.69) is 0 Å². The van der Waals surface area contributed by atoms with Gasteiger partial charge in [0.1, 0.15) is 6.10 Å².